The molecule has 6 heteroatoms. The molecule has 0 unspecified atom stereocenters. The first-order valence-corrected chi connectivity index (χ1v) is 16.9. The molecule has 6 nitrogen and oxygen atoms in total. The Labute approximate surface area is 294 Å². The molecule has 1 N–H and O–H groups in total. The van der Waals surface area contributed by atoms with Gasteiger partial charge in [0.25, 0.3) is 0 Å². The Kier molecular flexibility index (Phi) is 12.2. The van der Waals surface area contributed by atoms with Gasteiger partial charge >= 0.3 is 0 Å². The second-order valence-electron chi connectivity index (χ2n) is 11.9. The molecule has 0 saturated heterocycles. The van der Waals surface area contributed by atoms with Gasteiger partial charge in [-0.25, -0.2) is 0 Å². The predicted molar refractivity (Wildman–Crippen MR) is 196 cm³/mol. The van der Waals surface area contributed by atoms with E-state index in [2.05, 4.69) is 5.32 Å². The molecule has 0 saturated carbocycles. The number of carbonyl (C=O) groups excluding carboxylic acids is 1. The summed E-state index contributed by atoms with van der Waals surface area (Å²) < 4.78 is 25.1. The van der Waals surface area contributed by atoms with Crippen molar-refractivity contribution in [3.05, 3.63) is 191 Å². The maximum atomic E-state index is 12.9. The molecule has 0 bridgehead atoms. The molecule has 6 aromatic rings. The molecule has 0 aliphatic heterocycles. The fourth-order valence-corrected chi connectivity index (χ4v) is 5.37. The van der Waals surface area contributed by atoms with Crippen LogP contribution in [0.25, 0.3) is 0 Å². The molecule has 0 fully saturated rings. The lowest BCUT2D eigenvalue weighted by molar-refractivity contribution is -0.120. The Balaban J connectivity index is 1.13. The minimum absolute atomic E-state index is 0.0492. The van der Waals surface area contributed by atoms with Gasteiger partial charge in [-0.15, -0.1) is 0 Å². The highest BCUT2D eigenvalue weighted by molar-refractivity contribution is 5.78. The third-order valence-electron chi connectivity index (χ3n) is 8.05. The highest BCUT2D eigenvalue weighted by Crippen LogP contribution is 2.40. The second-order valence-corrected chi connectivity index (χ2v) is 11.9. The van der Waals surface area contributed by atoms with Crippen LogP contribution in [0, 0.1) is 0 Å². The van der Waals surface area contributed by atoms with E-state index in [1.165, 1.54) is 0 Å². The van der Waals surface area contributed by atoms with Crippen LogP contribution in [0.1, 0.15) is 33.4 Å². The van der Waals surface area contributed by atoms with E-state index < -0.39 is 0 Å². The molecule has 1 amide bonds. The summed E-state index contributed by atoms with van der Waals surface area (Å²) in [6.07, 6.45) is 0.864. The molecule has 50 heavy (non-hydrogen) atoms. The number of hydrogen-bond acceptors (Lipinski definition) is 5. The van der Waals surface area contributed by atoms with Gasteiger partial charge in [-0.3, -0.25) is 4.79 Å². The van der Waals surface area contributed by atoms with Gasteiger partial charge in [0.15, 0.2) is 11.5 Å². The van der Waals surface area contributed by atoms with Crippen LogP contribution in [0.5, 0.6) is 23.0 Å². The number of benzene rings is 6. The zero-order valence-corrected chi connectivity index (χ0v) is 28.0. The van der Waals surface area contributed by atoms with Crippen molar-refractivity contribution in [1.82, 2.24) is 5.32 Å². The SMILES string of the molecule is O=C(Cc1ccc(OCc2ccccc2)cc1)NCCc1cc(OCc2ccccc2)c(OCc2ccccc2)c(OCc2ccccc2)c1. The molecule has 0 heterocycles. The number of ether oxygens (including phenoxy) is 4. The highest BCUT2D eigenvalue weighted by atomic mass is 16.5. The van der Waals surface area contributed by atoms with Crippen molar-refractivity contribution < 1.29 is 23.7 Å². The van der Waals surface area contributed by atoms with E-state index in [9.17, 15) is 4.79 Å². The van der Waals surface area contributed by atoms with Crippen LogP contribution in [-0.2, 0) is 44.1 Å². The Morgan fingerprint density at radius 3 is 1.32 bits per heavy atom. The Morgan fingerprint density at radius 2 is 0.860 bits per heavy atom. The predicted octanol–water partition coefficient (Wildman–Crippen LogP) is 8.90. The Hall–Kier alpha value is -6.01. The molecule has 0 aromatic heterocycles. The molecular formula is C44H41NO5. The summed E-state index contributed by atoms with van der Waals surface area (Å²) in [7, 11) is 0. The standard InChI is InChI=1S/C44H41NO5/c46-43(29-34-21-23-40(24-22-34)47-30-35-13-5-1-6-14-35)45-26-25-39-27-41(48-31-36-15-7-2-8-16-36)44(50-33-38-19-11-4-12-20-38)42(28-39)49-32-37-17-9-3-10-18-37/h1-24,27-28H,25-26,29-33H2,(H,45,46). The van der Waals surface area contributed by atoms with Gasteiger partial charge in [0.1, 0.15) is 32.2 Å². The first-order chi connectivity index (χ1) is 24.7. The van der Waals surface area contributed by atoms with Gasteiger partial charge in [-0.05, 0) is 64.1 Å². The Morgan fingerprint density at radius 1 is 0.440 bits per heavy atom. The van der Waals surface area contributed by atoms with Gasteiger partial charge in [-0.1, -0.05) is 133 Å². The van der Waals surface area contributed by atoms with Crippen LogP contribution in [0.15, 0.2) is 158 Å². The number of rotatable bonds is 17. The first-order valence-electron chi connectivity index (χ1n) is 16.9. The monoisotopic (exact) mass is 663 g/mol. The second kappa shape index (κ2) is 17.9. The smallest absolute Gasteiger partial charge is 0.224 e. The summed E-state index contributed by atoms with van der Waals surface area (Å²) in [5.41, 5.74) is 6.11. The number of carbonyl (C=O) groups is 1. The average Bonchev–Trinajstić information content (AvgIpc) is 3.17. The maximum absolute atomic E-state index is 12.9. The van der Waals surface area contributed by atoms with Crippen molar-refractivity contribution in [1.29, 1.82) is 0 Å². The number of amides is 1. The molecule has 0 radical (unpaired) electrons. The normalized spacial score (nSPS) is 10.6. The molecule has 0 aliphatic rings. The van der Waals surface area contributed by atoms with E-state index in [4.69, 9.17) is 18.9 Å². The summed E-state index contributed by atoms with van der Waals surface area (Å²) in [4.78, 5) is 12.9. The van der Waals surface area contributed by atoms with Crippen molar-refractivity contribution >= 4 is 5.91 Å². The molecule has 0 aliphatic carbocycles. The highest BCUT2D eigenvalue weighted by Gasteiger charge is 2.17. The van der Waals surface area contributed by atoms with Gasteiger partial charge in [0.05, 0.1) is 6.42 Å². The van der Waals surface area contributed by atoms with Gasteiger partial charge < -0.3 is 24.3 Å². The molecule has 6 rings (SSSR count). The van der Waals surface area contributed by atoms with Crippen molar-refractivity contribution in [2.45, 2.75) is 39.3 Å². The van der Waals surface area contributed by atoms with Crippen molar-refractivity contribution in [2.24, 2.45) is 0 Å². The average molecular weight is 664 g/mol. The van der Waals surface area contributed by atoms with Crippen LogP contribution in [0.2, 0.25) is 0 Å². The first kappa shape index (κ1) is 33.9. The van der Waals surface area contributed by atoms with E-state index in [-0.39, 0.29) is 12.3 Å². The lowest BCUT2D eigenvalue weighted by atomic mass is 10.1. The number of nitrogens with one attached hydrogen (secondary N) is 1. The van der Waals surface area contributed by atoms with Crippen LogP contribution < -0.4 is 24.3 Å². The Bertz CT molecular complexity index is 1830. The van der Waals surface area contributed by atoms with Gasteiger partial charge in [0.2, 0.25) is 11.7 Å². The van der Waals surface area contributed by atoms with Crippen molar-refractivity contribution in [3.63, 3.8) is 0 Å². The van der Waals surface area contributed by atoms with E-state index in [0.717, 1.165) is 39.1 Å². The maximum Gasteiger partial charge on any atom is 0.224 e. The van der Waals surface area contributed by atoms with E-state index in [0.29, 0.717) is 56.6 Å². The summed E-state index contributed by atoms with van der Waals surface area (Å²) in [6, 6.07) is 51.8. The lowest BCUT2D eigenvalue weighted by Crippen LogP contribution is -2.27. The zero-order valence-electron chi connectivity index (χ0n) is 28.0. The van der Waals surface area contributed by atoms with Crippen LogP contribution in [-0.4, -0.2) is 12.5 Å². The van der Waals surface area contributed by atoms with E-state index >= 15 is 0 Å². The topological polar surface area (TPSA) is 66.0 Å². The summed E-state index contributed by atoms with van der Waals surface area (Å²) in [5.74, 6) is 2.44. The molecule has 0 atom stereocenters. The molecular weight excluding hydrogens is 622 g/mol. The molecule has 0 spiro atoms. The fourth-order valence-electron chi connectivity index (χ4n) is 5.37. The van der Waals surface area contributed by atoms with Crippen molar-refractivity contribution in [3.8, 4) is 23.0 Å². The quantitative estimate of drug-likeness (QED) is 0.106. The fraction of sp³-hybridized carbons (Fsp3) is 0.159. The number of hydrogen-bond donors (Lipinski definition) is 1. The van der Waals surface area contributed by atoms with E-state index in [1.54, 1.807) is 0 Å². The lowest BCUT2D eigenvalue weighted by Gasteiger charge is -2.19. The largest absolute Gasteiger partial charge is 0.489 e. The van der Waals surface area contributed by atoms with Crippen LogP contribution >= 0.6 is 0 Å². The minimum atomic E-state index is -0.0492. The van der Waals surface area contributed by atoms with E-state index in [1.807, 2.05) is 158 Å². The van der Waals surface area contributed by atoms with Gasteiger partial charge in [-0.2, -0.15) is 0 Å². The third kappa shape index (κ3) is 10.5. The molecule has 6 aromatic carbocycles. The van der Waals surface area contributed by atoms with Gasteiger partial charge in [0, 0.05) is 6.54 Å². The zero-order chi connectivity index (χ0) is 34.2. The summed E-state index contributed by atoms with van der Waals surface area (Å²) in [5, 5.41) is 3.07. The van der Waals surface area contributed by atoms with Crippen LogP contribution in [0.4, 0.5) is 0 Å². The van der Waals surface area contributed by atoms with Crippen molar-refractivity contribution in [2.75, 3.05) is 6.54 Å². The van der Waals surface area contributed by atoms with Crippen LogP contribution in [0.3, 0.4) is 0 Å². The summed E-state index contributed by atoms with van der Waals surface area (Å²) in [6.45, 7) is 2.06. The minimum Gasteiger partial charge on any atom is -0.489 e. The third-order valence-corrected chi connectivity index (χ3v) is 8.05. The summed E-state index contributed by atoms with van der Waals surface area (Å²) >= 11 is 0. The molecule has 252 valence electrons.